The summed E-state index contributed by atoms with van der Waals surface area (Å²) in [5, 5.41) is 0. The third-order valence-corrected chi connectivity index (χ3v) is 4.60. The molecule has 0 aromatic heterocycles. The maximum absolute atomic E-state index is 5.94. The van der Waals surface area contributed by atoms with Crippen molar-refractivity contribution in [3.05, 3.63) is 63.6 Å². The Kier molecular flexibility index (Phi) is 3.81. The van der Waals surface area contributed by atoms with Crippen LogP contribution in [0.15, 0.2) is 46.9 Å². The van der Waals surface area contributed by atoms with Gasteiger partial charge in [-0.1, -0.05) is 30.3 Å². The van der Waals surface area contributed by atoms with Crippen molar-refractivity contribution in [1.82, 2.24) is 0 Å². The number of fused-ring (bicyclic) bond motifs is 1. The molecule has 3 heteroatoms. The highest BCUT2D eigenvalue weighted by Gasteiger charge is 2.18. The van der Waals surface area contributed by atoms with Gasteiger partial charge in [-0.15, -0.1) is 0 Å². The third-order valence-electron chi connectivity index (χ3n) is 3.97. The number of hydrogen-bond acceptors (Lipinski definition) is 2. The topological polar surface area (TPSA) is 29.3 Å². The van der Waals surface area contributed by atoms with Crippen LogP contribution in [0.4, 0.5) is 5.69 Å². The molecule has 104 valence electrons. The summed E-state index contributed by atoms with van der Waals surface area (Å²) in [6, 6.07) is 15.2. The molecular formula is C17H19BrN2. The predicted octanol–water partition coefficient (Wildman–Crippen LogP) is 4.03. The highest BCUT2D eigenvalue weighted by Crippen LogP contribution is 2.32. The number of anilines is 1. The molecule has 0 unspecified atom stereocenters. The number of hydrogen-bond donors (Lipinski definition) is 1. The molecule has 2 N–H and O–H groups in total. The molecule has 3 rings (SSSR count). The first kappa shape index (κ1) is 13.7. The molecule has 2 aromatic carbocycles. The Hall–Kier alpha value is -1.32. The summed E-state index contributed by atoms with van der Waals surface area (Å²) in [6.07, 6.45) is 1.11. The second-order valence-corrected chi connectivity index (χ2v) is 6.29. The molecular weight excluding hydrogens is 312 g/mol. The Labute approximate surface area is 128 Å². The predicted molar refractivity (Wildman–Crippen MR) is 87.9 cm³/mol. The van der Waals surface area contributed by atoms with Crippen molar-refractivity contribution in [3.8, 4) is 0 Å². The third kappa shape index (κ3) is 2.60. The minimum absolute atomic E-state index is 0.0717. The Morgan fingerprint density at radius 3 is 2.60 bits per heavy atom. The van der Waals surface area contributed by atoms with E-state index in [1.54, 1.807) is 0 Å². The maximum Gasteiger partial charge on any atom is 0.0513 e. The van der Waals surface area contributed by atoms with Crippen LogP contribution in [0.5, 0.6) is 0 Å². The summed E-state index contributed by atoms with van der Waals surface area (Å²) in [7, 11) is 0. The van der Waals surface area contributed by atoms with E-state index in [-0.39, 0.29) is 6.04 Å². The summed E-state index contributed by atoms with van der Waals surface area (Å²) >= 11 is 3.69. The van der Waals surface area contributed by atoms with E-state index < -0.39 is 0 Å². The van der Waals surface area contributed by atoms with Gasteiger partial charge in [-0.2, -0.15) is 0 Å². The number of rotatable bonds is 2. The van der Waals surface area contributed by atoms with Gasteiger partial charge in [0.1, 0.15) is 0 Å². The van der Waals surface area contributed by atoms with Crippen molar-refractivity contribution in [2.75, 3.05) is 11.4 Å². The normalized spacial score (nSPS) is 15.8. The fourth-order valence-corrected chi connectivity index (χ4v) is 3.41. The van der Waals surface area contributed by atoms with E-state index in [4.69, 9.17) is 5.73 Å². The molecule has 1 aliphatic heterocycles. The van der Waals surface area contributed by atoms with Crippen molar-refractivity contribution < 1.29 is 0 Å². The summed E-state index contributed by atoms with van der Waals surface area (Å²) < 4.78 is 1.13. The zero-order chi connectivity index (χ0) is 14.1. The lowest BCUT2D eigenvalue weighted by atomic mass is 9.99. The molecule has 0 aliphatic carbocycles. The molecule has 2 nitrogen and oxygen atoms in total. The van der Waals surface area contributed by atoms with Gasteiger partial charge in [-0.3, -0.25) is 0 Å². The van der Waals surface area contributed by atoms with E-state index in [2.05, 4.69) is 63.3 Å². The highest BCUT2D eigenvalue weighted by atomic mass is 79.9. The molecule has 20 heavy (non-hydrogen) atoms. The number of benzene rings is 2. The van der Waals surface area contributed by atoms with E-state index in [1.807, 2.05) is 6.92 Å². The SMILES string of the molecule is C[C@H](N)c1ccc(N2CCc3ccccc3C2)c(Br)c1. The van der Waals surface area contributed by atoms with Crippen LogP contribution in [-0.4, -0.2) is 6.54 Å². The monoisotopic (exact) mass is 330 g/mol. The van der Waals surface area contributed by atoms with Gasteiger partial charge in [0.2, 0.25) is 0 Å². The molecule has 0 amide bonds. The van der Waals surface area contributed by atoms with Crippen LogP contribution in [-0.2, 0) is 13.0 Å². The second kappa shape index (κ2) is 5.58. The van der Waals surface area contributed by atoms with Crippen molar-refractivity contribution in [2.24, 2.45) is 5.73 Å². The number of halogens is 1. The minimum atomic E-state index is 0.0717. The molecule has 0 bridgehead atoms. The van der Waals surface area contributed by atoms with Gasteiger partial charge in [0, 0.05) is 23.6 Å². The number of nitrogens with zero attached hydrogens (tertiary/aromatic N) is 1. The van der Waals surface area contributed by atoms with Gasteiger partial charge in [0.25, 0.3) is 0 Å². The van der Waals surface area contributed by atoms with Crippen LogP contribution >= 0.6 is 15.9 Å². The van der Waals surface area contributed by atoms with Crippen LogP contribution < -0.4 is 10.6 Å². The van der Waals surface area contributed by atoms with Gasteiger partial charge in [0.05, 0.1) is 5.69 Å². The van der Waals surface area contributed by atoms with E-state index in [0.29, 0.717) is 0 Å². The van der Waals surface area contributed by atoms with Crippen LogP contribution in [0.1, 0.15) is 29.7 Å². The fraction of sp³-hybridized carbons (Fsp3) is 0.294. The minimum Gasteiger partial charge on any atom is -0.366 e. The zero-order valence-electron chi connectivity index (χ0n) is 11.6. The largest absolute Gasteiger partial charge is 0.366 e. The van der Waals surface area contributed by atoms with Crippen LogP contribution in [0.2, 0.25) is 0 Å². The molecule has 1 atom stereocenters. The smallest absolute Gasteiger partial charge is 0.0513 e. The van der Waals surface area contributed by atoms with E-state index in [9.17, 15) is 0 Å². The van der Waals surface area contributed by atoms with Gasteiger partial charge in [0.15, 0.2) is 0 Å². The van der Waals surface area contributed by atoms with Crippen LogP contribution in [0, 0.1) is 0 Å². The first-order chi connectivity index (χ1) is 9.65. The molecule has 0 spiro atoms. The van der Waals surface area contributed by atoms with E-state index >= 15 is 0 Å². The number of nitrogens with two attached hydrogens (primary N) is 1. The second-order valence-electron chi connectivity index (χ2n) is 5.44. The summed E-state index contributed by atoms with van der Waals surface area (Å²) in [5.41, 5.74) is 11.3. The first-order valence-corrected chi connectivity index (χ1v) is 7.81. The van der Waals surface area contributed by atoms with Gasteiger partial charge < -0.3 is 10.6 Å². The maximum atomic E-state index is 5.94. The average molecular weight is 331 g/mol. The Bertz CT molecular complexity index is 622. The average Bonchev–Trinajstić information content (AvgIpc) is 2.46. The van der Waals surface area contributed by atoms with Gasteiger partial charge >= 0.3 is 0 Å². The van der Waals surface area contributed by atoms with Crippen molar-refractivity contribution in [2.45, 2.75) is 25.9 Å². The first-order valence-electron chi connectivity index (χ1n) is 7.02. The summed E-state index contributed by atoms with van der Waals surface area (Å²) in [4.78, 5) is 2.43. The van der Waals surface area contributed by atoms with Crippen LogP contribution in [0.3, 0.4) is 0 Å². The lowest BCUT2D eigenvalue weighted by molar-refractivity contribution is 0.729. The molecule has 0 saturated carbocycles. The van der Waals surface area contributed by atoms with Crippen LogP contribution in [0.25, 0.3) is 0 Å². The fourth-order valence-electron chi connectivity index (χ4n) is 2.76. The summed E-state index contributed by atoms with van der Waals surface area (Å²) in [6.45, 7) is 4.05. The lowest BCUT2D eigenvalue weighted by Gasteiger charge is -2.31. The molecule has 0 fully saturated rings. The zero-order valence-corrected chi connectivity index (χ0v) is 13.2. The van der Waals surface area contributed by atoms with Crippen molar-refractivity contribution >= 4 is 21.6 Å². The van der Waals surface area contributed by atoms with Gasteiger partial charge in [-0.05, 0) is 58.1 Å². The van der Waals surface area contributed by atoms with E-state index in [1.165, 1.54) is 16.8 Å². The standard InChI is InChI=1S/C17H19BrN2/c1-12(19)14-6-7-17(16(18)10-14)20-9-8-13-4-2-3-5-15(13)11-20/h2-7,10,12H,8-9,11,19H2,1H3/t12-/m0/s1. The Morgan fingerprint density at radius 1 is 1.15 bits per heavy atom. The molecule has 2 aromatic rings. The molecule has 0 radical (unpaired) electrons. The lowest BCUT2D eigenvalue weighted by Crippen LogP contribution is -2.30. The quantitative estimate of drug-likeness (QED) is 0.900. The summed E-state index contributed by atoms with van der Waals surface area (Å²) in [5.74, 6) is 0. The molecule has 1 heterocycles. The molecule has 1 aliphatic rings. The van der Waals surface area contributed by atoms with E-state index in [0.717, 1.165) is 29.5 Å². The highest BCUT2D eigenvalue weighted by molar-refractivity contribution is 9.10. The molecule has 0 saturated heterocycles. The van der Waals surface area contributed by atoms with Crippen molar-refractivity contribution in [3.63, 3.8) is 0 Å². The Morgan fingerprint density at radius 2 is 1.90 bits per heavy atom. The van der Waals surface area contributed by atoms with Crippen molar-refractivity contribution in [1.29, 1.82) is 0 Å². The van der Waals surface area contributed by atoms with Gasteiger partial charge in [-0.25, -0.2) is 0 Å². The Balaban J connectivity index is 1.88.